The van der Waals surface area contributed by atoms with Gasteiger partial charge in [0.2, 0.25) is 10.7 Å². The number of nitrogens with zero attached hydrogens (tertiary/aromatic N) is 3. The van der Waals surface area contributed by atoms with Gasteiger partial charge in [-0.3, -0.25) is 4.57 Å². The molecule has 0 radical (unpaired) electrons. The zero-order valence-corrected chi connectivity index (χ0v) is 19.6. The Labute approximate surface area is 203 Å². The number of hydrogen-bond donors (Lipinski definition) is 2. The molecule has 0 unspecified atom stereocenters. The molecule has 0 aliphatic carbocycles. The summed E-state index contributed by atoms with van der Waals surface area (Å²) >= 11 is 24.6. The van der Waals surface area contributed by atoms with Crippen molar-refractivity contribution in [3.8, 4) is 5.69 Å². The first kappa shape index (κ1) is 21.8. The van der Waals surface area contributed by atoms with Crippen LogP contribution in [-0.2, 0) is 0 Å². The summed E-state index contributed by atoms with van der Waals surface area (Å²) in [5, 5.41) is 8.62. The molecule has 0 aliphatic heterocycles. The summed E-state index contributed by atoms with van der Waals surface area (Å²) in [5.41, 5.74) is 2.47. The normalized spacial score (nSPS) is 11.4. The third-order valence-electron chi connectivity index (χ3n) is 4.09. The van der Waals surface area contributed by atoms with Crippen molar-refractivity contribution in [1.29, 1.82) is 0 Å². The van der Waals surface area contributed by atoms with E-state index in [1.54, 1.807) is 24.3 Å². The van der Waals surface area contributed by atoms with E-state index in [1.165, 1.54) is 11.5 Å². The number of aromatic nitrogens is 2. The summed E-state index contributed by atoms with van der Waals surface area (Å²) in [6.45, 7) is 0. The van der Waals surface area contributed by atoms with Crippen molar-refractivity contribution >= 4 is 81.0 Å². The number of benzene rings is 3. The van der Waals surface area contributed by atoms with Crippen molar-refractivity contribution in [3.05, 3.63) is 92.7 Å². The van der Waals surface area contributed by atoms with E-state index >= 15 is 0 Å². The van der Waals surface area contributed by atoms with Gasteiger partial charge in [-0.25, -0.2) is 0 Å². The monoisotopic (exact) mass is 505 g/mol. The summed E-state index contributed by atoms with van der Waals surface area (Å²) in [5.74, 6) is 0.586. The number of anilines is 3. The van der Waals surface area contributed by atoms with Gasteiger partial charge in [0.25, 0.3) is 0 Å². The van der Waals surface area contributed by atoms with E-state index < -0.39 is 0 Å². The zero-order valence-electron chi connectivity index (χ0n) is 15.7. The van der Waals surface area contributed by atoms with Crippen molar-refractivity contribution in [2.24, 2.45) is 4.99 Å². The Bertz CT molecular complexity index is 1260. The molecular weight excluding hydrogens is 493 g/mol. The van der Waals surface area contributed by atoms with Crippen molar-refractivity contribution in [3.63, 3.8) is 0 Å². The largest absolute Gasteiger partial charge is 0.331 e. The minimum Gasteiger partial charge on any atom is -0.331 e. The van der Waals surface area contributed by atoms with E-state index in [0.29, 0.717) is 30.9 Å². The Kier molecular flexibility index (Phi) is 6.89. The van der Waals surface area contributed by atoms with Crippen LogP contribution in [0.3, 0.4) is 0 Å². The Morgan fingerprint density at radius 3 is 1.90 bits per heavy atom. The van der Waals surface area contributed by atoms with Crippen LogP contribution >= 0.6 is 58.6 Å². The molecule has 4 aromatic rings. The van der Waals surface area contributed by atoms with Gasteiger partial charge >= 0.3 is 0 Å². The van der Waals surface area contributed by atoms with Crippen molar-refractivity contribution in [2.75, 3.05) is 10.6 Å². The van der Waals surface area contributed by atoms with Gasteiger partial charge in [-0.15, -0.1) is 0 Å². The van der Waals surface area contributed by atoms with E-state index in [-0.39, 0.29) is 0 Å². The van der Waals surface area contributed by atoms with E-state index in [4.69, 9.17) is 47.0 Å². The van der Waals surface area contributed by atoms with E-state index in [1.807, 2.05) is 53.1 Å². The van der Waals surface area contributed by atoms with Gasteiger partial charge in [0.1, 0.15) is 0 Å². The van der Waals surface area contributed by atoms with Crippen LogP contribution in [0.1, 0.15) is 0 Å². The van der Waals surface area contributed by atoms with Gasteiger partial charge in [-0.1, -0.05) is 34.8 Å². The molecule has 1 heterocycles. The quantitative estimate of drug-likeness (QED) is 0.295. The molecule has 0 fully saturated rings. The van der Waals surface area contributed by atoms with Gasteiger partial charge < -0.3 is 10.6 Å². The summed E-state index contributed by atoms with van der Waals surface area (Å²) in [4.78, 5) is 5.15. The van der Waals surface area contributed by atoms with Crippen LogP contribution in [0.5, 0.6) is 0 Å². The molecule has 3 aromatic carbocycles. The first-order chi connectivity index (χ1) is 15.0. The number of hydrogen-bond acceptors (Lipinski definition) is 4. The van der Waals surface area contributed by atoms with Crippen molar-refractivity contribution < 1.29 is 0 Å². The molecule has 31 heavy (non-hydrogen) atoms. The van der Waals surface area contributed by atoms with Crippen LogP contribution in [-0.4, -0.2) is 14.1 Å². The van der Waals surface area contributed by atoms with Crippen LogP contribution in [0.15, 0.2) is 77.8 Å². The second kappa shape index (κ2) is 9.80. The van der Waals surface area contributed by atoms with Gasteiger partial charge in [-0.2, -0.15) is 9.37 Å². The predicted molar refractivity (Wildman–Crippen MR) is 134 cm³/mol. The summed E-state index contributed by atoms with van der Waals surface area (Å²) < 4.78 is 6.40. The zero-order chi connectivity index (χ0) is 21.8. The maximum Gasteiger partial charge on any atom is 0.225 e. The lowest BCUT2D eigenvalue weighted by Gasteiger charge is -2.10. The molecule has 0 spiro atoms. The highest BCUT2D eigenvalue weighted by atomic mass is 35.5. The minimum absolute atomic E-state index is 0.298. The number of halogens is 3. The summed E-state index contributed by atoms with van der Waals surface area (Å²) in [6, 6.07) is 22.0. The number of rotatable bonds is 4. The number of nitrogens with one attached hydrogen (secondary N) is 2. The van der Waals surface area contributed by atoms with E-state index in [0.717, 1.165) is 17.1 Å². The standard InChI is InChI=1S/C21H14Cl3N5S2/c22-13-1-7-16(8-2-13)25-19-28-31-21(29(19)18-11-5-15(24)6-12-18)27-20(30)26-17-9-3-14(23)4-10-17/h1-12H,(H,25,28)(H,26,30)/b27-21-. The first-order valence-electron chi connectivity index (χ1n) is 8.96. The molecule has 2 N–H and O–H groups in total. The lowest BCUT2D eigenvalue weighted by molar-refractivity contribution is 1.00. The van der Waals surface area contributed by atoms with Crippen LogP contribution < -0.4 is 15.4 Å². The topological polar surface area (TPSA) is 54.2 Å². The van der Waals surface area contributed by atoms with Crippen LogP contribution in [0.2, 0.25) is 15.1 Å². The Morgan fingerprint density at radius 2 is 1.32 bits per heavy atom. The third-order valence-corrected chi connectivity index (χ3v) is 5.75. The minimum atomic E-state index is 0.298. The highest BCUT2D eigenvalue weighted by Gasteiger charge is 2.11. The average Bonchev–Trinajstić information content (AvgIpc) is 3.14. The van der Waals surface area contributed by atoms with Crippen molar-refractivity contribution in [2.45, 2.75) is 0 Å². The van der Waals surface area contributed by atoms with E-state index in [9.17, 15) is 0 Å². The molecule has 0 bridgehead atoms. The lowest BCUT2D eigenvalue weighted by Crippen LogP contribution is -2.19. The maximum atomic E-state index is 6.07. The summed E-state index contributed by atoms with van der Waals surface area (Å²) in [7, 11) is 0. The second-order valence-electron chi connectivity index (χ2n) is 6.28. The third kappa shape index (κ3) is 5.64. The number of thiocarbonyl (C=S) groups is 1. The Morgan fingerprint density at radius 1 is 0.806 bits per heavy atom. The fourth-order valence-corrected chi connectivity index (χ4v) is 4.00. The van der Waals surface area contributed by atoms with Gasteiger partial charge in [0, 0.05) is 38.0 Å². The van der Waals surface area contributed by atoms with Crippen LogP contribution in [0, 0.1) is 0 Å². The highest BCUT2D eigenvalue weighted by molar-refractivity contribution is 7.80. The fraction of sp³-hybridized carbons (Fsp3) is 0. The molecule has 0 saturated heterocycles. The lowest BCUT2D eigenvalue weighted by atomic mass is 10.3. The van der Waals surface area contributed by atoms with Gasteiger partial charge in [0.05, 0.1) is 5.69 Å². The second-order valence-corrected chi connectivity index (χ2v) is 8.71. The molecule has 0 aliphatic rings. The molecular formula is C21H14Cl3N5S2. The van der Waals surface area contributed by atoms with Gasteiger partial charge in [0.15, 0.2) is 5.11 Å². The van der Waals surface area contributed by atoms with Crippen molar-refractivity contribution in [1.82, 2.24) is 8.94 Å². The Hall–Kier alpha value is -2.42. The first-order valence-corrected chi connectivity index (χ1v) is 11.3. The van der Waals surface area contributed by atoms with Crippen LogP contribution in [0.4, 0.5) is 17.3 Å². The maximum absolute atomic E-state index is 6.07. The smallest absolute Gasteiger partial charge is 0.225 e. The van der Waals surface area contributed by atoms with Gasteiger partial charge in [-0.05, 0) is 85.0 Å². The molecule has 10 heteroatoms. The molecule has 4 rings (SSSR count). The SMILES string of the molecule is S=C(/N=c1\snc(Nc2ccc(Cl)cc2)n1-c1ccc(Cl)cc1)Nc1ccc(Cl)cc1. The highest BCUT2D eigenvalue weighted by Crippen LogP contribution is 2.21. The van der Waals surface area contributed by atoms with Crippen LogP contribution in [0.25, 0.3) is 5.69 Å². The van der Waals surface area contributed by atoms with E-state index in [2.05, 4.69) is 20.0 Å². The summed E-state index contributed by atoms with van der Waals surface area (Å²) in [6.07, 6.45) is 0. The average molecular weight is 507 g/mol. The molecule has 5 nitrogen and oxygen atoms in total. The molecule has 0 atom stereocenters. The Balaban J connectivity index is 1.71. The molecule has 156 valence electrons. The molecule has 0 saturated carbocycles. The predicted octanol–water partition coefficient (Wildman–Crippen LogP) is 6.94. The molecule has 0 amide bonds. The molecule has 1 aromatic heterocycles. The fourth-order valence-electron chi connectivity index (χ4n) is 2.66.